The molecule has 0 radical (unpaired) electrons. The number of halogens is 2. The van der Waals surface area contributed by atoms with Gasteiger partial charge < -0.3 is 4.74 Å². The molecule has 0 aliphatic heterocycles. The fraction of sp³-hybridized carbons (Fsp3) is 0.417. The first kappa shape index (κ1) is 11.9. The van der Waals surface area contributed by atoms with E-state index in [-0.39, 0.29) is 11.7 Å². The van der Waals surface area contributed by atoms with Crippen LogP contribution >= 0.6 is 23.2 Å². The third-order valence-corrected chi connectivity index (χ3v) is 3.79. The van der Waals surface area contributed by atoms with Crippen LogP contribution in [0.25, 0.3) is 0 Å². The molecule has 1 atom stereocenters. The van der Waals surface area contributed by atoms with E-state index in [1.165, 1.54) is 0 Å². The van der Waals surface area contributed by atoms with Crippen LogP contribution in [0, 0.1) is 5.92 Å². The van der Waals surface area contributed by atoms with Crippen molar-refractivity contribution in [3.63, 3.8) is 0 Å². The lowest BCUT2D eigenvalue weighted by atomic mass is 9.83. The van der Waals surface area contributed by atoms with Crippen molar-refractivity contribution in [3.05, 3.63) is 35.9 Å². The van der Waals surface area contributed by atoms with Crippen molar-refractivity contribution < 1.29 is 9.53 Å². The van der Waals surface area contributed by atoms with Crippen molar-refractivity contribution in [2.75, 3.05) is 6.61 Å². The second kappa shape index (κ2) is 4.74. The molecule has 1 aromatic carbocycles. The first-order valence-corrected chi connectivity index (χ1v) is 5.89. The number of benzene rings is 1. The van der Waals surface area contributed by atoms with Gasteiger partial charge in [0.2, 0.25) is 0 Å². The van der Waals surface area contributed by atoms with Crippen molar-refractivity contribution in [3.8, 4) is 0 Å². The Hall–Kier alpha value is -0.570. The molecule has 4 heteroatoms. The molecule has 1 aliphatic rings. The van der Waals surface area contributed by atoms with Gasteiger partial charge in [0.25, 0.3) is 0 Å². The van der Waals surface area contributed by atoms with E-state index in [0.29, 0.717) is 19.6 Å². The fourth-order valence-electron chi connectivity index (χ4n) is 1.64. The molecule has 16 heavy (non-hydrogen) atoms. The lowest BCUT2D eigenvalue weighted by Gasteiger charge is -2.37. The zero-order chi connectivity index (χ0) is 11.6. The van der Waals surface area contributed by atoms with Crippen molar-refractivity contribution in [2.45, 2.75) is 17.4 Å². The molecule has 1 saturated carbocycles. The Balaban J connectivity index is 1.76. The van der Waals surface area contributed by atoms with Crippen LogP contribution in [0.5, 0.6) is 0 Å². The number of carbonyl (C=O) groups is 1. The molecule has 0 heterocycles. The summed E-state index contributed by atoms with van der Waals surface area (Å²) in [5.41, 5.74) is 1.10. The average Bonchev–Trinajstić information content (AvgIpc) is 2.29. The topological polar surface area (TPSA) is 26.3 Å². The standard InChI is InChI=1S/C12H12Cl2O2/c13-12(14)10(6-11(12)15)8-16-7-9-4-2-1-3-5-9/h1-5,10H,6-8H2/t10-/m0/s1. The van der Waals surface area contributed by atoms with Crippen LogP contribution in [0.4, 0.5) is 0 Å². The first-order valence-electron chi connectivity index (χ1n) is 5.13. The number of hydrogen-bond acceptors (Lipinski definition) is 2. The van der Waals surface area contributed by atoms with Crippen molar-refractivity contribution in [1.29, 1.82) is 0 Å². The van der Waals surface area contributed by atoms with E-state index in [1.807, 2.05) is 30.3 Å². The van der Waals surface area contributed by atoms with Gasteiger partial charge in [-0.15, -0.1) is 0 Å². The molecule has 0 aromatic heterocycles. The van der Waals surface area contributed by atoms with Gasteiger partial charge in [-0.2, -0.15) is 0 Å². The van der Waals surface area contributed by atoms with E-state index in [0.717, 1.165) is 5.56 Å². The van der Waals surface area contributed by atoms with Crippen LogP contribution in [0.3, 0.4) is 0 Å². The highest BCUT2D eigenvalue weighted by Gasteiger charge is 2.52. The maximum Gasteiger partial charge on any atom is 0.181 e. The number of ketones is 1. The summed E-state index contributed by atoms with van der Waals surface area (Å²) in [6, 6.07) is 9.84. The summed E-state index contributed by atoms with van der Waals surface area (Å²) in [6.07, 6.45) is 0.418. The van der Waals surface area contributed by atoms with Gasteiger partial charge in [0.1, 0.15) is 0 Å². The third kappa shape index (κ3) is 2.40. The van der Waals surface area contributed by atoms with Crippen LogP contribution in [0.15, 0.2) is 30.3 Å². The van der Waals surface area contributed by atoms with Gasteiger partial charge >= 0.3 is 0 Å². The number of carbonyl (C=O) groups excluding carboxylic acids is 1. The van der Waals surface area contributed by atoms with Crippen LogP contribution < -0.4 is 0 Å². The minimum atomic E-state index is -1.23. The molecule has 2 nitrogen and oxygen atoms in total. The molecule has 86 valence electrons. The lowest BCUT2D eigenvalue weighted by Crippen LogP contribution is -2.49. The van der Waals surface area contributed by atoms with Crippen LogP contribution in [-0.2, 0) is 16.1 Å². The molecule has 1 aromatic rings. The molecular weight excluding hydrogens is 247 g/mol. The summed E-state index contributed by atoms with van der Waals surface area (Å²) in [5, 5.41) is 0. The van der Waals surface area contributed by atoms with Gasteiger partial charge in [-0.1, -0.05) is 53.5 Å². The highest BCUT2D eigenvalue weighted by atomic mass is 35.5. The maximum absolute atomic E-state index is 11.1. The number of Topliss-reactive ketones (excluding diaryl/α,β-unsaturated/α-hetero) is 1. The summed E-state index contributed by atoms with van der Waals surface area (Å²) in [7, 11) is 0. The average molecular weight is 259 g/mol. The summed E-state index contributed by atoms with van der Waals surface area (Å²) in [4.78, 5) is 11.1. The second-order valence-electron chi connectivity index (χ2n) is 3.95. The number of ether oxygens (including phenoxy) is 1. The SMILES string of the molecule is O=C1C[C@@H](COCc2ccccc2)C1(Cl)Cl. The van der Waals surface area contributed by atoms with Crippen molar-refractivity contribution >= 4 is 29.0 Å². The van der Waals surface area contributed by atoms with E-state index >= 15 is 0 Å². The number of rotatable bonds is 4. The molecule has 0 saturated heterocycles. The quantitative estimate of drug-likeness (QED) is 0.777. The molecule has 0 spiro atoms. The van der Waals surface area contributed by atoms with Gasteiger partial charge in [0.05, 0.1) is 13.2 Å². The van der Waals surface area contributed by atoms with E-state index in [9.17, 15) is 4.79 Å². The normalized spacial score (nSPS) is 22.9. The summed E-state index contributed by atoms with van der Waals surface area (Å²) < 4.78 is 4.26. The van der Waals surface area contributed by atoms with E-state index in [2.05, 4.69) is 0 Å². The molecule has 1 fully saturated rings. The number of hydrogen-bond donors (Lipinski definition) is 0. The lowest BCUT2D eigenvalue weighted by molar-refractivity contribution is -0.130. The smallest absolute Gasteiger partial charge is 0.181 e. The minimum Gasteiger partial charge on any atom is -0.376 e. The van der Waals surface area contributed by atoms with Crippen LogP contribution in [-0.4, -0.2) is 16.7 Å². The fourth-order valence-corrected chi connectivity index (χ4v) is 2.08. The predicted octanol–water partition coefficient (Wildman–Crippen LogP) is 2.97. The van der Waals surface area contributed by atoms with Gasteiger partial charge in [0, 0.05) is 12.3 Å². The molecule has 0 amide bonds. The molecule has 2 rings (SSSR count). The molecule has 0 bridgehead atoms. The number of alkyl halides is 2. The Morgan fingerprint density at radius 1 is 1.31 bits per heavy atom. The van der Waals surface area contributed by atoms with E-state index in [1.54, 1.807) is 0 Å². The predicted molar refractivity (Wildman–Crippen MR) is 63.6 cm³/mol. The Morgan fingerprint density at radius 2 is 2.00 bits per heavy atom. The van der Waals surface area contributed by atoms with Crippen molar-refractivity contribution in [1.82, 2.24) is 0 Å². The summed E-state index contributed by atoms with van der Waals surface area (Å²) >= 11 is 11.7. The van der Waals surface area contributed by atoms with E-state index < -0.39 is 4.33 Å². The molecule has 0 N–H and O–H groups in total. The monoisotopic (exact) mass is 258 g/mol. The first-order chi connectivity index (χ1) is 7.60. The Kier molecular flexibility index (Phi) is 3.53. The minimum absolute atomic E-state index is 0.0768. The van der Waals surface area contributed by atoms with Gasteiger partial charge in [-0.25, -0.2) is 0 Å². The molecular formula is C12H12Cl2O2. The molecule has 1 aliphatic carbocycles. The summed E-state index contributed by atoms with van der Waals surface area (Å²) in [6.45, 7) is 0.947. The highest BCUT2D eigenvalue weighted by molar-refractivity contribution is 6.60. The third-order valence-electron chi connectivity index (χ3n) is 2.75. The maximum atomic E-state index is 11.1. The highest BCUT2D eigenvalue weighted by Crippen LogP contribution is 2.44. The Bertz CT molecular complexity index is 376. The van der Waals surface area contributed by atoms with Gasteiger partial charge in [-0.3, -0.25) is 4.79 Å². The van der Waals surface area contributed by atoms with Crippen LogP contribution in [0.1, 0.15) is 12.0 Å². The molecule has 0 unspecified atom stereocenters. The Morgan fingerprint density at radius 3 is 2.56 bits per heavy atom. The van der Waals surface area contributed by atoms with Gasteiger partial charge in [-0.05, 0) is 5.56 Å². The van der Waals surface area contributed by atoms with E-state index in [4.69, 9.17) is 27.9 Å². The van der Waals surface area contributed by atoms with Crippen LogP contribution in [0.2, 0.25) is 0 Å². The zero-order valence-corrected chi connectivity index (χ0v) is 10.2. The summed E-state index contributed by atoms with van der Waals surface area (Å²) in [5.74, 6) is -0.184. The second-order valence-corrected chi connectivity index (χ2v) is 5.33. The Labute approximate surface area is 104 Å². The zero-order valence-electron chi connectivity index (χ0n) is 8.66. The van der Waals surface area contributed by atoms with Gasteiger partial charge in [0.15, 0.2) is 10.1 Å². The van der Waals surface area contributed by atoms with Crippen molar-refractivity contribution in [2.24, 2.45) is 5.92 Å². The largest absolute Gasteiger partial charge is 0.376 e.